The first-order chi connectivity index (χ1) is 21.2. The highest BCUT2D eigenvalue weighted by molar-refractivity contribution is 5.92. The van der Waals surface area contributed by atoms with Crippen molar-refractivity contribution in [3.8, 4) is 12.1 Å². The summed E-state index contributed by atoms with van der Waals surface area (Å²) in [5.41, 5.74) is 1.41. The molecule has 0 aliphatic carbocycles. The molecule has 0 radical (unpaired) electrons. The molecule has 2 atom stereocenters. The summed E-state index contributed by atoms with van der Waals surface area (Å²) in [6, 6.07) is 13.0. The van der Waals surface area contributed by atoms with Crippen LogP contribution < -0.4 is 14.5 Å². The topological polar surface area (TPSA) is 111 Å². The van der Waals surface area contributed by atoms with Crippen LogP contribution in [0.1, 0.15) is 51.3 Å². The number of hydrogen-bond acceptors (Lipinski definition) is 10. The van der Waals surface area contributed by atoms with Crippen molar-refractivity contribution in [3.63, 3.8) is 0 Å². The van der Waals surface area contributed by atoms with Gasteiger partial charge in [-0.2, -0.15) is 15.2 Å². The van der Waals surface area contributed by atoms with Crippen LogP contribution >= 0.6 is 0 Å². The van der Waals surface area contributed by atoms with Gasteiger partial charge in [-0.3, -0.25) is 0 Å². The zero-order chi connectivity index (χ0) is 30.8. The number of ether oxygens (including phenoxy) is 2. The standard InChI is InChI=1S/C33H42N8O3/c1-33(2,3)44-32(42)41-19-18-40(20-24(41)11-14-34)30-27-13-17-39(29-26-10-6-5-8-23(26)12-15-35-29)21-28(27)36-31(37-30)43-22-25-9-7-16-38(25)4/h5-6,8,10,12,15,24-25H,7,9,11,13,16-22H2,1-4H3. The van der Waals surface area contributed by atoms with Gasteiger partial charge in [-0.05, 0) is 65.1 Å². The highest BCUT2D eigenvalue weighted by atomic mass is 16.6. The summed E-state index contributed by atoms with van der Waals surface area (Å²) in [5.74, 6) is 1.78. The zero-order valence-corrected chi connectivity index (χ0v) is 26.2. The maximum absolute atomic E-state index is 13.0. The number of pyridine rings is 1. The Bertz CT molecular complexity index is 1550. The first-order valence-corrected chi connectivity index (χ1v) is 15.6. The van der Waals surface area contributed by atoms with E-state index in [0.29, 0.717) is 44.8 Å². The third-order valence-corrected chi connectivity index (χ3v) is 8.79. The number of fused-ring (bicyclic) bond motifs is 2. The molecule has 3 aliphatic heterocycles. The van der Waals surface area contributed by atoms with Gasteiger partial charge in [-0.1, -0.05) is 24.3 Å². The summed E-state index contributed by atoms with van der Waals surface area (Å²) in [7, 11) is 2.13. The largest absolute Gasteiger partial charge is 0.462 e. The van der Waals surface area contributed by atoms with Crippen molar-refractivity contribution >= 4 is 28.5 Å². The smallest absolute Gasteiger partial charge is 0.410 e. The van der Waals surface area contributed by atoms with Crippen LogP contribution in [0.5, 0.6) is 6.01 Å². The molecule has 3 aliphatic rings. The molecule has 0 saturated carbocycles. The van der Waals surface area contributed by atoms with Crippen LogP contribution in [0.3, 0.4) is 0 Å². The fourth-order valence-corrected chi connectivity index (χ4v) is 6.50. The fraction of sp³-hybridized carbons (Fsp3) is 0.545. The number of likely N-dealkylation sites (N-methyl/N-ethyl adjacent to an activating group) is 1. The quantitative estimate of drug-likeness (QED) is 0.405. The van der Waals surface area contributed by atoms with Crippen LogP contribution in [0.15, 0.2) is 36.5 Å². The molecule has 5 heterocycles. The van der Waals surface area contributed by atoms with Crippen molar-refractivity contribution in [1.29, 1.82) is 5.26 Å². The lowest BCUT2D eigenvalue weighted by molar-refractivity contribution is 0.0144. The molecule has 3 aromatic rings. The lowest BCUT2D eigenvalue weighted by Gasteiger charge is -2.42. The minimum atomic E-state index is -0.610. The number of anilines is 2. The van der Waals surface area contributed by atoms with E-state index in [0.717, 1.165) is 66.0 Å². The summed E-state index contributed by atoms with van der Waals surface area (Å²) in [6.07, 6.45) is 4.69. The van der Waals surface area contributed by atoms with Crippen molar-refractivity contribution in [2.45, 2.75) is 70.7 Å². The second-order valence-electron chi connectivity index (χ2n) is 13.0. The van der Waals surface area contributed by atoms with Crippen LogP contribution in [0.25, 0.3) is 10.8 Å². The lowest BCUT2D eigenvalue weighted by Crippen LogP contribution is -2.56. The van der Waals surface area contributed by atoms with Gasteiger partial charge >= 0.3 is 12.1 Å². The Morgan fingerprint density at radius 2 is 1.89 bits per heavy atom. The Kier molecular flexibility index (Phi) is 8.45. The van der Waals surface area contributed by atoms with E-state index >= 15 is 0 Å². The van der Waals surface area contributed by atoms with Crippen molar-refractivity contribution in [2.24, 2.45) is 0 Å². The van der Waals surface area contributed by atoms with Gasteiger partial charge in [0.2, 0.25) is 0 Å². The molecule has 2 fully saturated rings. The van der Waals surface area contributed by atoms with E-state index in [1.165, 1.54) is 0 Å². The van der Waals surface area contributed by atoms with Crippen molar-refractivity contribution in [1.82, 2.24) is 24.8 Å². The van der Waals surface area contributed by atoms with E-state index < -0.39 is 5.60 Å². The lowest BCUT2D eigenvalue weighted by atomic mass is 10.0. The first-order valence-electron chi connectivity index (χ1n) is 15.6. The molecule has 2 unspecified atom stereocenters. The van der Waals surface area contributed by atoms with Crippen molar-refractivity contribution in [2.75, 3.05) is 56.2 Å². The first kappa shape index (κ1) is 29.9. The van der Waals surface area contributed by atoms with Gasteiger partial charge in [0.25, 0.3) is 0 Å². The SMILES string of the molecule is CN1CCCC1COc1nc2c(c(N3CCN(C(=O)OC(C)(C)C)C(CC#N)C3)n1)CCN(c1nccc3ccccc13)C2. The number of rotatable bonds is 6. The minimum absolute atomic E-state index is 0.209. The molecule has 0 N–H and O–H groups in total. The van der Waals surface area contributed by atoms with E-state index in [-0.39, 0.29) is 18.6 Å². The predicted octanol–water partition coefficient (Wildman–Crippen LogP) is 4.40. The highest BCUT2D eigenvalue weighted by Crippen LogP contribution is 2.34. The average molecular weight is 599 g/mol. The van der Waals surface area contributed by atoms with Gasteiger partial charge in [0.15, 0.2) is 0 Å². The number of nitriles is 1. The summed E-state index contributed by atoms with van der Waals surface area (Å²) >= 11 is 0. The number of benzene rings is 1. The summed E-state index contributed by atoms with van der Waals surface area (Å²) in [4.78, 5) is 36.3. The van der Waals surface area contributed by atoms with Crippen LogP contribution in [-0.2, 0) is 17.7 Å². The molecule has 6 rings (SSSR count). The maximum atomic E-state index is 13.0. The van der Waals surface area contributed by atoms with E-state index in [4.69, 9.17) is 24.4 Å². The van der Waals surface area contributed by atoms with Crippen LogP contribution in [0.2, 0.25) is 0 Å². The Labute approximate surface area is 259 Å². The van der Waals surface area contributed by atoms with E-state index in [9.17, 15) is 10.1 Å². The summed E-state index contributed by atoms with van der Waals surface area (Å²) in [6.45, 7) is 10.0. The molecule has 11 heteroatoms. The number of amides is 1. The Morgan fingerprint density at radius 1 is 1.05 bits per heavy atom. The predicted molar refractivity (Wildman–Crippen MR) is 169 cm³/mol. The molecule has 44 heavy (non-hydrogen) atoms. The number of likely N-dealkylation sites (tertiary alicyclic amines) is 1. The van der Waals surface area contributed by atoms with Gasteiger partial charge in [-0.15, -0.1) is 0 Å². The van der Waals surface area contributed by atoms with Crippen LogP contribution in [0.4, 0.5) is 16.4 Å². The molecule has 0 bridgehead atoms. The number of hydrogen-bond donors (Lipinski definition) is 0. The number of nitrogens with zero attached hydrogens (tertiary/aromatic N) is 8. The summed E-state index contributed by atoms with van der Waals surface area (Å²) < 4.78 is 12.0. The van der Waals surface area contributed by atoms with E-state index in [2.05, 4.69) is 39.9 Å². The Morgan fingerprint density at radius 3 is 2.66 bits per heavy atom. The Hall–Kier alpha value is -4.17. The fourth-order valence-electron chi connectivity index (χ4n) is 6.50. The highest BCUT2D eigenvalue weighted by Gasteiger charge is 2.36. The van der Waals surface area contributed by atoms with Crippen molar-refractivity contribution < 1.29 is 14.3 Å². The maximum Gasteiger partial charge on any atom is 0.410 e. The summed E-state index contributed by atoms with van der Waals surface area (Å²) in [5, 5.41) is 11.9. The molecular formula is C33H42N8O3. The van der Waals surface area contributed by atoms with Crippen LogP contribution in [-0.4, -0.2) is 94.9 Å². The van der Waals surface area contributed by atoms with Gasteiger partial charge in [0, 0.05) is 49.4 Å². The van der Waals surface area contributed by atoms with Crippen LogP contribution in [0, 0.1) is 11.3 Å². The molecule has 2 aromatic heterocycles. The molecule has 232 valence electrons. The molecule has 1 aromatic carbocycles. The average Bonchev–Trinajstić information content (AvgIpc) is 3.42. The second kappa shape index (κ2) is 12.4. The van der Waals surface area contributed by atoms with E-state index in [1.54, 1.807) is 4.90 Å². The third kappa shape index (κ3) is 6.36. The van der Waals surface area contributed by atoms with Gasteiger partial charge in [0.05, 0.1) is 30.8 Å². The molecule has 0 spiro atoms. The van der Waals surface area contributed by atoms with Gasteiger partial charge < -0.3 is 29.1 Å². The van der Waals surface area contributed by atoms with Crippen molar-refractivity contribution in [3.05, 3.63) is 47.8 Å². The number of carbonyl (C=O) groups excluding carboxylic acids is 1. The molecular weight excluding hydrogens is 556 g/mol. The third-order valence-electron chi connectivity index (χ3n) is 8.79. The number of aromatic nitrogens is 3. The zero-order valence-electron chi connectivity index (χ0n) is 26.2. The van der Waals surface area contributed by atoms with E-state index in [1.807, 2.05) is 45.2 Å². The minimum Gasteiger partial charge on any atom is -0.462 e. The normalized spacial score (nSPS) is 20.8. The Balaban J connectivity index is 1.30. The molecule has 11 nitrogen and oxygen atoms in total. The monoisotopic (exact) mass is 598 g/mol. The number of piperazine rings is 1. The molecule has 1 amide bonds. The van der Waals surface area contributed by atoms with Gasteiger partial charge in [0.1, 0.15) is 23.8 Å². The second-order valence-corrected chi connectivity index (χ2v) is 13.0. The number of carbonyl (C=O) groups is 1. The molecule has 2 saturated heterocycles. The van der Waals surface area contributed by atoms with Gasteiger partial charge in [-0.25, -0.2) is 9.78 Å².